The quantitative estimate of drug-likeness (QED) is 0.661. The van der Waals surface area contributed by atoms with Gasteiger partial charge in [-0.15, -0.1) is 6.42 Å². The minimum atomic E-state index is -3.83. The van der Waals surface area contributed by atoms with Crippen molar-refractivity contribution in [1.29, 1.82) is 0 Å². The van der Waals surface area contributed by atoms with Gasteiger partial charge in [-0.3, -0.25) is 9.48 Å². The van der Waals surface area contributed by atoms with Gasteiger partial charge >= 0.3 is 0 Å². The van der Waals surface area contributed by atoms with Crippen LogP contribution in [-0.4, -0.2) is 28.7 Å². The van der Waals surface area contributed by atoms with E-state index in [9.17, 15) is 13.2 Å². The van der Waals surface area contributed by atoms with Gasteiger partial charge in [0.15, 0.2) is 10.5 Å². The summed E-state index contributed by atoms with van der Waals surface area (Å²) in [6.45, 7) is 4.63. The SMILES string of the molecule is C#CCn1c(=NC(=O)c2cc(C)n(CC)n2)sc2cc(S(N)(=O)=O)ccc21. The summed E-state index contributed by atoms with van der Waals surface area (Å²) in [7, 11) is -3.83. The van der Waals surface area contributed by atoms with Crippen LogP contribution in [0.2, 0.25) is 0 Å². The molecule has 10 heteroatoms. The highest BCUT2D eigenvalue weighted by Gasteiger charge is 2.15. The molecule has 0 radical (unpaired) electrons. The first-order chi connectivity index (χ1) is 12.7. The van der Waals surface area contributed by atoms with Gasteiger partial charge in [0, 0.05) is 12.2 Å². The summed E-state index contributed by atoms with van der Waals surface area (Å²) in [4.78, 5) is 17.0. The van der Waals surface area contributed by atoms with E-state index in [4.69, 9.17) is 11.6 Å². The second-order valence-corrected chi connectivity index (χ2v) is 8.32. The Labute approximate surface area is 160 Å². The lowest BCUT2D eigenvalue weighted by molar-refractivity contribution is 0.0992. The number of nitrogens with two attached hydrogens (primary N) is 1. The number of fused-ring (bicyclic) bond motifs is 1. The number of aromatic nitrogens is 3. The maximum absolute atomic E-state index is 12.5. The van der Waals surface area contributed by atoms with Crippen molar-refractivity contribution in [3.05, 3.63) is 40.5 Å². The predicted molar refractivity (Wildman–Crippen MR) is 103 cm³/mol. The molecule has 3 rings (SSSR count). The number of thiazole rings is 1. The van der Waals surface area contributed by atoms with Crippen LogP contribution >= 0.6 is 11.3 Å². The monoisotopic (exact) mass is 403 g/mol. The predicted octanol–water partition coefficient (Wildman–Crippen LogP) is 1.25. The highest BCUT2D eigenvalue weighted by atomic mass is 32.2. The van der Waals surface area contributed by atoms with E-state index in [-0.39, 0.29) is 17.1 Å². The van der Waals surface area contributed by atoms with Gasteiger partial charge in [0.1, 0.15) is 0 Å². The molecule has 2 N–H and O–H groups in total. The first kappa shape index (κ1) is 19.0. The van der Waals surface area contributed by atoms with E-state index in [2.05, 4.69) is 16.0 Å². The maximum atomic E-state index is 12.5. The number of hydrogen-bond donors (Lipinski definition) is 1. The molecule has 2 heterocycles. The lowest BCUT2D eigenvalue weighted by Gasteiger charge is -2.01. The van der Waals surface area contributed by atoms with Crippen LogP contribution in [0.15, 0.2) is 34.2 Å². The summed E-state index contributed by atoms with van der Waals surface area (Å²) in [5.41, 5.74) is 1.78. The van der Waals surface area contributed by atoms with Crippen molar-refractivity contribution in [2.45, 2.75) is 31.8 Å². The van der Waals surface area contributed by atoms with E-state index < -0.39 is 15.9 Å². The molecule has 3 aromatic rings. The Morgan fingerprint density at radius 2 is 2.15 bits per heavy atom. The largest absolute Gasteiger partial charge is 0.305 e. The van der Waals surface area contributed by atoms with E-state index in [1.807, 2.05) is 13.8 Å². The van der Waals surface area contributed by atoms with E-state index >= 15 is 0 Å². The third-order valence-electron chi connectivity index (χ3n) is 3.93. The molecule has 0 fully saturated rings. The molecular formula is C17H17N5O3S2. The zero-order valence-corrected chi connectivity index (χ0v) is 16.3. The van der Waals surface area contributed by atoms with E-state index in [1.165, 1.54) is 12.1 Å². The second-order valence-electron chi connectivity index (χ2n) is 5.75. The number of primary sulfonamides is 1. The minimum absolute atomic E-state index is 0.0145. The molecule has 140 valence electrons. The lowest BCUT2D eigenvalue weighted by atomic mass is 10.3. The fourth-order valence-electron chi connectivity index (χ4n) is 2.64. The number of nitrogens with zero attached hydrogens (tertiary/aromatic N) is 4. The Bertz CT molecular complexity index is 1260. The van der Waals surface area contributed by atoms with Crippen LogP contribution < -0.4 is 9.94 Å². The Hall–Kier alpha value is -2.74. The van der Waals surface area contributed by atoms with Crippen LogP contribution in [-0.2, 0) is 23.1 Å². The third kappa shape index (κ3) is 3.71. The van der Waals surface area contributed by atoms with Crippen LogP contribution in [0.3, 0.4) is 0 Å². The van der Waals surface area contributed by atoms with E-state index in [0.29, 0.717) is 21.6 Å². The zero-order valence-electron chi connectivity index (χ0n) is 14.7. The Morgan fingerprint density at radius 1 is 1.41 bits per heavy atom. The van der Waals surface area contributed by atoms with Gasteiger partial charge in [-0.2, -0.15) is 10.1 Å². The molecule has 0 atom stereocenters. The molecule has 1 amide bonds. The first-order valence-electron chi connectivity index (χ1n) is 7.97. The highest BCUT2D eigenvalue weighted by molar-refractivity contribution is 7.89. The smallest absolute Gasteiger partial charge is 0.300 e. The van der Waals surface area contributed by atoms with Crippen LogP contribution in [0, 0.1) is 19.3 Å². The summed E-state index contributed by atoms with van der Waals surface area (Å²) in [6, 6.07) is 6.12. The summed E-state index contributed by atoms with van der Waals surface area (Å²) in [5.74, 6) is 2.03. The van der Waals surface area contributed by atoms with Gasteiger partial charge in [0.05, 0.1) is 21.7 Å². The molecule has 2 aromatic heterocycles. The van der Waals surface area contributed by atoms with Gasteiger partial charge < -0.3 is 4.57 Å². The van der Waals surface area contributed by atoms with Crippen molar-refractivity contribution < 1.29 is 13.2 Å². The van der Waals surface area contributed by atoms with Crippen LogP contribution in [0.1, 0.15) is 23.1 Å². The molecule has 0 unspecified atom stereocenters. The van der Waals surface area contributed by atoms with E-state index in [0.717, 1.165) is 17.0 Å². The topological polar surface area (TPSA) is 112 Å². The van der Waals surface area contributed by atoms with E-state index in [1.54, 1.807) is 21.4 Å². The zero-order chi connectivity index (χ0) is 19.8. The van der Waals surface area contributed by atoms with Crippen LogP contribution in [0.5, 0.6) is 0 Å². The standard InChI is InChI=1S/C17H17N5O3S2/c1-4-8-21-14-7-6-12(27(18,24)25)10-15(14)26-17(21)19-16(23)13-9-11(3)22(5-2)20-13/h1,6-7,9-10H,5,8H2,2-3H3,(H2,18,24,25). The lowest BCUT2D eigenvalue weighted by Crippen LogP contribution is -2.17. The normalized spacial score (nSPS) is 12.4. The Balaban J connectivity index is 2.16. The molecule has 1 aromatic carbocycles. The molecule has 0 aliphatic rings. The van der Waals surface area contributed by atoms with Gasteiger partial charge in [0.2, 0.25) is 10.0 Å². The van der Waals surface area contributed by atoms with Gasteiger partial charge in [-0.1, -0.05) is 17.3 Å². The highest BCUT2D eigenvalue weighted by Crippen LogP contribution is 2.21. The van der Waals surface area contributed by atoms with Crippen molar-refractivity contribution in [3.63, 3.8) is 0 Å². The maximum Gasteiger partial charge on any atom is 0.300 e. The molecule has 0 saturated heterocycles. The molecule has 0 aliphatic heterocycles. The number of benzene rings is 1. The molecule has 0 spiro atoms. The number of carbonyl (C=O) groups excluding carboxylic acids is 1. The summed E-state index contributed by atoms with van der Waals surface area (Å²) >= 11 is 1.16. The number of terminal acetylenes is 1. The number of hydrogen-bond acceptors (Lipinski definition) is 5. The van der Waals surface area contributed by atoms with Gasteiger partial charge in [0.25, 0.3) is 5.91 Å². The number of amides is 1. The minimum Gasteiger partial charge on any atom is -0.305 e. The molecule has 8 nitrogen and oxygen atoms in total. The van der Waals surface area contributed by atoms with Crippen LogP contribution in [0.25, 0.3) is 10.2 Å². The fraction of sp³-hybridized carbons (Fsp3) is 0.235. The average Bonchev–Trinajstić information content (AvgIpc) is 3.14. The summed E-state index contributed by atoms with van der Waals surface area (Å²) < 4.78 is 27.1. The molecule has 27 heavy (non-hydrogen) atoms. The third-order valence-corrected chi connectivity index (χ3v) is 5.88. The number of aryl methyl sites for hydroxylation is 2. The molecule has 0 bridgehead atoms. The molecule has 0 saturated carbocycles. The van der Waals surface area contributed by atoms with Gasteiger partial charge in [-0.25, -0.2) is 13.6 Å². The first-order valence-corrected chi connectivity index (χ1v) is 10.3. The fourth-order valence-corrected chi connectivity index (χ4v) is 4.32. The second kappa shape index (κ2) is 7.11. The van der Waals surface area contributed by atoms with Crippen LogP contribution in [0.4, 0.5) is 0 Å². The Morgan fingerprint density at radius 3 is 2.74 bits per heavy atom. The Kier molecular flexibility index (Phi) is 5.01. The van der Waals surface area contributed by atoms with Crippen molar-refractivity contribution in [2.24, 2.45) is 10.1 Å². The average molecular weight is 403 g/mol. The van der Waals surface area contributed by atoms with Crippen molar-refractivity contribution >= 4 is 37.5 Å². The van der Waals surface area contributed by atoms with Crippen molar-refractivity contribution in [1.82, 2.24) is 14.3 Å². The van der Waals surface area contributed by atoms with Crippen molar-refractivity contribution in [3.8, 4) is 12.3 Å². The number of rotatable bonds is 4. The molecule has 0 aliphatic carbocycles. The summed E-state index contributed by atoms with van der Waals surface area (Å²) in [5, 5.41) is 9.42. The summed E-state index contributed by atoms with van der Waals surface area (Å²) in [6.07, 6.45) is 5.44. The van der Waals surface area contributed by atoms with Gasteiger partial charge in [-0.05, 0) is 38.1 Å². The number of sulfonamides is 1. The molecular weight excluding hydrogens is 386 g/mol. The number of carbonyl (C=O) groups is 1. The van der Waals surface area contributed by atoms with Crippen molar-refractivity contribution in [2.75, 3.05) is 0 Å².